The van der Waals surface area contributed by atoms with E-state index in [9.17, 15) is 9.90 Å². The average molecular weight is 429 g/mol. The summed E-state index contributed by atoms with van der Waals surface area (Å²) in [6, 6.07) is 9.35. The van der Waals surface area contributed by atoms with Crippen LogP contribution in [0.3, 0.4) is 0 Å². The predicted molar refractivity (Wildman–Crippen MR) is 116 cm³/mol. The van der Waals surface area contributed by atoms with Gasteiger partial charge in [0.2, 0.25) is 5.91 Å². The first-order chi connectivity index (χ1) is 15.0. The van der Waals surface area contributed by atoms with Crippen molar-refractivity contribution in [2.75, 3.05) is 27.3 Å². The predicted octanol–water partition coefficient (Wildman–Crippen LogP) is 3.28. The van der Waals surface area contributed by atoms with Gasteiger partial charge in [-0.25, -0.2) is 0 Å². The highest BCUT2D eigenvalue weighted by atomic mass is 16.5. The van der Waals surface area contributed by atoms with Gasteiger partial charge < -0.3 is 24.3 Å². The molecule has 0 unspecified atom stereocenters. The van der Waals surface area contributed by atoms with Crippen LogP contribution in [0.25, 0.3) is 0 Å². The van der Waals surface area contributed by atoms with E-state index in [2.05, 4.69) is 10.2 Å². The van der Waals surface area contributed by atoms with Crippen LogP contribution in [-0.2, 0) is 11.3 Å². The number of aliphatic hydroxyl groups is 1. The summed E-state index contributed by atoms with van der Waals surface area (Å²) in [6.45, 7) is 1.28. The molecule has 1 saturated carbocycles. The van der Waals surface area contributed by atoms with Crippen molar-refractivity contribution in [2.24, 2.45) is 5.92 Å². The Balaban J connectivity index is 1.60. The van der Waals surface area contributed by atoms with Gasteiger partial charge in [-0.15, -0.1) is 0 Å². The number of rotatable bonds is 7. The molecule has 7 nitrogen and oxygen atoms in total. The minimum atomic E-state index is -0.699. The number of furan rings is 1. The summed E-state index contributed by atoms with van der Waals surface area (Å²) in [5, 5.41) is 14.4. The summed E-state index contributed by atoms with van der Waals surface area (Å²) in [4.78, 5) is 15.0. The molecular formula is C24H32N2O5. The van der Waals surface area contributed by atoms with E-state index in [0.717, 1.165) is 48.5 Å². The van der Waals surface area contributed by atoms with E-state index in [1.807, 2.05) is 30.3 Å². The normalized spacial score (nSPS) is 26.2. The molecule has 4 rings (SSSR count). The number of piperidine rings is 1. The highest BCUT2D eigenvalue weighted by molar-refractivity contribution is 5.78. The molecule has 1 amide bonds. The van der Waals surface area contributed by atoms with Crippen LogP contribution in [0.4, 0.5) is 0 Å². The minimum absolute atomic E-state index is 0.0511. The highest BCUT2D eigenvalue weighted by Gasteiger charge is 2.49. The molecule has 1 saturated heterocycles. The van der Waals surface area contributed by atoms with Gasteiger partial charge >= 0.3 is 0 Å². The Morgan fingerprint density at radius 1 is 1.26 bits per heavy atom. The number of hydrogen-bond acceptors (Lipinski definition) is 6. The molecule has 2 heterocycles. The maximum atomic E-state index is 12.8. The summed E-state index contributed by atoms with van der Waals surface area (Å²) >= 11 is 0. The van der Waals surface area contributed by atoms with E-state index < -0.39 is 5.60 Å². The topological polar surface area (TPSA) is 84.2 Å². The van der Waals surface area contributed by atoms with E-state index in [1.165, 1.54) is 0 Å². The number of hydrogen-bond donors (Lipinski definition) is 2. The Bertz CT molecular complexity index is 884. The van der Waals surface area contributed by atoms with Crippen LogP contribution in [0.5, 0.6) is 11.5 Å². The zero-order chi connectivity index (χ0) is 21.8. The Hall–Kier alpha value is -2.51. The number of likely N-dealkylation sites (tertiary alicyclic amines) is 1. The first-order valence-corrected chi connectivity index (χ1v) is 11.0. The third-order valence-electron chi connectivity index (χ3n) is 6.82. The van der Waals surface area contributed by atoms with Gasteiger partial charge in [0.25, 0.3) is 0 Å². The number of nitrogens with zero attached hydrogens (tertiary/aromatic N) is 1. The fourth-order valence-electron chi connectivity index (χ4n) is 5.24. The molecule has 0 bridgehead atoms. The summed E-state index contributed by atoms with van der Waals surface area (Å²) in [5.41, 5.74) is 0.293. The second kappa shape index (κ2) is 9.32. The fourth-order valence-corrected chi connectivity index (χ4v) is 5.24. The molecule has 2 aliphatic rings. The molecule has 7 heteroatoms. The van der Waals surface area contributed by atoms with E-state index in [4.69, 9.17) is 13.9 Å². The van der Waals surface area contributed by atoms with Crippen LogP contribution in [-0.4, -0.2) is 48.8 Å². The Morgan fingerprint density at radius 2 is 2.13 bits per heavy atom. The SMILES string of the molecule is COc1ccc([C@H]2[C@H]3CCCC[C@]3(O)CCN2CC(=O)NCc2ccco2)c(OC)c1. The first kappa shape index (κ1) is 21.7. The number of carbonyl (C=O) groups excluding carboxylic acids is 1. The van der Waals surface area contributed by atoms with Gasteiger partial charge in [-0.3, -0.25) is 9.69 Å². The van der Waals surface area contributed by atoms with Crippen molar-refractivity contribution < 1.29 is 23.8 Å². The molecule has 2 N–H and O–H groups in total. The third kappa shape index (κ3) is 4.57. The lowest BCUT2D eigenvalue weighted by Crippen LogP contribution is -2.56. The molecule has 2 aromatic rings. The first-order valence-electron chi connectivity index (χ1n) is 11.0. The molecule has 1 aromatic carbocycles. The van der Waals surface area contributed by atoms with Crippen LogP contribution in [0.2, 0.25) is 0 Å². The summed E-state index contributed by atoms with van der Waals surface area (Å²) in [6.07, 6.45) is 6.15. The van der Waals surface area contributed by atoms with E-state index in [1.54, 1.807) is 20.5 Å². The number of amides is 1. The summed E-state index contributed by atoms with van der Waals surface area (Å²) in [7, 11) is 3.28. The molecule has 0 radical (unpaired) electrons. The smallest absolute Gasteiger partial charge is 0.234 e. The third-order valence-corrected chi connectivity index (χ3v) is 6.82. The van der Waals surface area contributed by atoms with E-state index >= 15 is 0 Å². The van der Waals surface area contributed by atoms with Crippen LogP contribution in [0.15, 0.2) is 41.0 Å². The molecule has 31 heavy (non-hydrogen) atoms. The minimum Gasteiger partial charge on any atom is -0.497 e. The van der Waals surface area contributed by atoms with Crippen LogP contribution in [0.1, 0.15) is 49.5 Å². The van der Waals surface area contributed by atoms with Crippen molar-refractivity contribution in [1.82, 2.24) is 10.2 Å². The van der Waals surface area contributed by atoms with Gasteiger partial charge in [0, 0.05) is 30.1 Å². The fraction of sp³-hybridized carbons (Fsp3) is 0.542. The zero-order valence-corrected chi connectivity index (χ0v) is 18.3. The number of methoxy groups -OCH3 is 2. The average Bonchev–Trinajstić information content (AvgIpc) is 3.31. The molecular weight excluding hydrogens is 396 g/mol. The largest absolute Gasteiger partial charge is 0.497 e. The van der Waals surface area contributed by atoms with Crippen LogP contribution >= 0.6 is 0 Å². The summed E-state index contributed by atoms with van der Waals surface area (Å²) in [5.74, 6) is 2.16. The number of fused-ring (bicyclic) bond motifs is 1. The zero-order valence-electron chi connectivity index (χ0n) is 18.3. The van der Waals surface area contributed by atoms with Crippen molar-refractivity contribution in [3.63, 3.8) is 0 Å². The van der Waals surface area contributed by atoms with E-state index in [0.29, 0.717) is 19.5 Å². The van der Waals surface area contributed by atoms with Gasteiger partial charge in [0.1, 0.15) is 17.3 Å². The van der Waals surface area contributed by atoms with Gasteiger partial charge in [-0.1, -0.05) is 18.9 Å². The van der Waals surface area contributed by atoms with Crippen molar-refractivity contribution in [1.29, 1.82) is 0 Å². The van der Waals surface area contributed by atoms with Gasteiger partial charge in [0.15, 0.2) is 0 Å². The Labute approximate surface area is 183 Å². The lowest BCUT2D eigenvalue weighted by atomic mass is 9.66. The van der Waals surface area contributed by atoms with Gasteiger partial charge in [-0.05, 0) is 37.5 Å². The monoisotopic (exact) mass is 428 g/mol. The van der Waals surface area contributed by atoms with Crippen molar-refractivity contribution in [3.05, 3.63) is 47.9 Å². The quantitative estimate of drug-likeness (QED) is 0.704. The molecule has 1 aliphatic carbocycles. The summed E-state index contributed by atoms with van der Waals surface area (Å²) < 4.78 is 16.4. The maximum Gasteiger partial charge on any atom is 0.234 e. The standard InChI is InChI=1S/C24H32N2O5/c1-29-17-8-9-19(21(14-17)30-2)23-20-7-3-4-10-24(20,28)11-12-26(23)16-22(27)25-15-18-6-5-13-31-18/h5-6,8-9,13-14,20,23,28H,3-4,7,10-12,15-16H2,1-2H3,(H,25,27)/t20-,23+,24+/m1/s1. The molecule has 168 valence electrons. The molecule has 1 aromatic heterocycles. The van der Waals surface area contributed by atoms with Gasteiger partial charge in [-0.2, -0.15) is 0 Å². The second-order valence-corrected chi connectivity index (χ2v) is 8.59. The van der Waals surface area contributed by atoms with Crippen molar-refractivity contribution in [2.45, 2.75) is 50.3 Å². The lowest BCUT2D eigenvalue weighted by molar-refractivity contribution is -0.138. The molecule has 0 spiro atoms. The number of carbonyl (C=O) groups is 1. The number of benzene rings is 1. The molecule has 1 aliphatic heterocycles. The van der Waals surface area contributed by atoms with Gasteiger partial charge in [0.05, 0.1) is 39.2 Å². The van der Waals surface area contributed by atoms with E-state index in [-0.39, 0.29) is 24.4 Å². The molecule has 2 fully saturated rings. The molecule has 3 atom stereocenters. The van der Waals surface area contributed by atoms with Crippen molar-refractivity contribution >= 4 is 5.91 Å². The second-order valence-electron chi connectivity index (χ2n) is 8.59. The van der Waals surface area contributed by atoms with Crippen LogP contribution < -0.4 is 14.8 Å². The van der Waals surface area contributed by atoms with Crippen LogP contribution in [0, 0.1) is 5.92 Å². The number of nitrogens with one attached hydrogen (secondary N) is 1. The Kier molecular flexibility index (Phi) is 6.53. The maximum absolute atomic E-state index is 12.8. The lowest BCUT2D eigenvalue weighted by Gasteiger charge is -2.52. The van der Waals surface area contributed by atoms with Crippen molar-refractivity contribution in [3.8, 4) is 11.5 Å². The Morgan fingerprint density at radius 3 is 2.87 bits per heavy atom. The number of ether oxygens (including phenoxy) is 2. The highest BCUT2D eigenvalue weighted by Crippen LogP contribution is 2.51.